The summed E-state index contributed by atoms with van der Waals surface area (Å²) in [7, 11) is 0. The first kappa shape index (κ1) is 14.5. The molecule has 3 rings (SSSR count). The molecule has 0 saturated carbocycles. The van der Waals surface area contributed by atoms with E-state index >= 15 is 0 Å². The fourth-order valence-electron chi connectivity index (χ4n) is 2.71. The maximum atomic E-state index is 12.9. The highest BCUT2D eigenvalue weighted by molar-refractivity contribution is 9.10. The molecule has 2 aromatic rings. The molecule has 2 heterocycles. The fourth-order valence-corrected chi connectivity index (χ4v) is 3.22. The van der Waals surface area contributed by atoms with Gasteiger partial charge in [-0.1, -0.05) is 36.7 Å². The molecular weight excluding hydrogens is 352 g/mol. The van der Waals surface area contributed by atoms with Crippen LogP contribution in [0.25, 0.3) is 0 Å². The van der Waals surface area contributed by atoms with Crippen molar-refractivity contribution in [2.24, 2.45) is 5.92 Å². The van der Waals surface area contributed by atoms with E-state index in [4.69, 9.17) is 11.6 Å². The van der Waals surface area contributed by atoms with E-state index in [2.05, 4.69) is 33.9 Å². The Kier molecular flexibility index (Phi) is 4.00. The number of pyridine rings is 1. The molecule has 1 aliphatic rings. The summed E-state index contributed by atoms with van der Waals surface area (Å²) in [5.41, 5.74) is 2.59. The summed E-state index contributed by atoms with van der Waals surface area (Å²) in [5, 5.41) is 0.235. The van der Waals surface area contributed by atoms with Crippen LogP contribution >= 0.6 is 27.5 Å². The average Bonchev–Trinajstić information content (AvgIpc) is 2.48. The van der Waals surface area contributed by atoms with Gasteiger partial charge in [-0.25, -0.2) is 4.98 Å². The second-order valence-electron chi connectivity index (χ2n) is 5.35. The number of fused-ring (bicyclic) bond motifs is 1. The lowest BCUT2D eigenvalue weighted by Crippen LogP contribution is -2.39. The number of benzene rings is 1. The Bertz CT molecular complexity index is 704. The van der Waals surface area contributed by atoms with Gasteiger partial charge >= 0.3 is 0 Å². The highest BCUT2D eigenvalue weighted by Crippen LogP contribution is 2.31. The van der Waals surface area contributed by atoms with Gasteiger partial charge < -0.3 is 4.90 Å². The van der Waals surface area contributed by atoms with Crippen LogP contribution in [0.15, 0.2) is 41.0 Å². The van der Waals surface area contributed by atoms with Gasteiger partial charge in [-0.05, 0) is 46.0 Å². The average molecular weight is 366 g/mol. The lowest BCUT2D eigenvalue weighted by molar-refractivity contribution is 0.0980. The standard InChI is InChI=1S/C16H14BrClN2O/c1-10-6-11-4-2-3-5-14(11)20(9-10)16(21)13-7-12(17)8-19-15(13)18/h2-5,7-8,10H,6,9H2,1H3. The SMILES string of the molecule is CC1Cc2ccccc2N(C(=O)c2cc(Br)cnc2Cl)C1. The number of para-hydroxylation sites is 1. The number of rotatable bonds is 1. The molecule has 0 saturated heterocycles. The largest absolute Gasteiger partial charge is 0.308 e. The summed E-state index contributed by atoms with van der Waals surface area (Å²) in [5.74, 6) is 0.315. The number of halogens is 2. The molecule has 1 amide bonds. The van der Waals surface area contributed by atoms with Crippen LogP contribution in [0.2, 0.25) is 5.15 Å². The van der Waals surface area contributed by atoms with Crippen LogP contribution in [0.1, 0.15) is 22.8 Å². The predicted octanol–water partition coefficient (Wildman–Crippen LogP) is 4.34. The molecule has 1 aromatic heterocycles. The lowest BCUT2D eigenvalue weighted by Gasteiger charge is -2.33. The molecule has 3 nitrogen and oxygen atoms in total. The smallest absolute Gasteiger partial charge is 0.261 e. The molecule has 0 spiro atoms. The van der Waals surface area contributed by atoms with Crippen molar-refractivity contribution >= 4 is 39.1 Å². The van der Waals surface area contributed by atoms with Crippen LogP contribution in [0.3, 0.4) is 0 Å². The summed E-state index contributed by atoms with van der Waals surface area (Å²) in [6.07, 6.45) is 2.58. The Hall–Kier alpha value is -1.39. The highest BCUT2D eigenvalue weighted by Gasteiger charge is 2.28. The summed E-state index contributed by atoms with van der Waals surface area (Å²) in [6.45, 7) is 2.84. The number of anilines is 1. The number of amides is 1. The molecule has 0 radical (unpaired) electrons. The van der Waals surface area contributed by atoms with E-state index in [1.165, 1.54) is 5.56 Å². The first-order valence-corrected chi connectivity index (χ1v) is 7.94. The van der Waals surface area contributed by atoms with Gasteiger partial charge in [0.15, 0.2) is 0 Å². The topological polar surface area (TPSA) is 33.2 Å². The van der Waals surface area contributed by atoms with Gasteiger partial charge in [0.2, 0.25) is 0 Å². The zero-order valence-corrected chi connectivity index (χ0v) is 13.9. The fraction of sp³-hybridized carbons (Fsp3) is 0.250. The normalized spacial score (nSPS) is 17.5. The Morgan fingerprint density at radius 2 is 2.19 bits per heavy atom. The van der Waals surface area contributed by atoms with Crippen LogP contribution in [-0.2, 0) is 6.42 Å². The van der Waals surface area contributed by atoms with Gasteiger partial charge in [0.05, 0.1) is 5.56 Å². The van der Waals surface area contributed by atoms with Gasteiger partial charge in [0.1, 0.15) is 5.15 Å². The van der Waals surface area contributed by atoms with E-state index in [0.717, 1.165) is 16.6 Å². The first-order valence-electron chi connectivity index (χ1n) is 6.77. The minimum atomic E-state index is -0.104. The minimum absolute atomic E-state index is 0.104. The molecule has 1 atom stereocenters. The first-order chi connectivity index (χ1) is 10.1. The van der Waals surface area contributed by atoms with Crippen LogP contribution < -0.4 is 4.90 Å². The third-order valence-electron chi connectivity index (χ3n) is 3.63. The molecule has 1 unspecified atom stereocenters. The molecule has 0 bridgehead atoms. The van der Waals surface area contributed by atoms with Crippen molar-refractivity contribution in [2.45, 2.75) is 13.3 Å². The van der Waals surface area contributed by atoms with Gasteiger partial charge in [-0.3, -0.25) is 4.79 Å². The number of hydrogen-bond acceptors (Lipinski definition) is 2. The van der Waals surface area contributed by atoms with Crippen molar-refractivity contribution in [1.29, 1.82) is 0 Å². The quantitative estimate of drug-likeness (QED) is 0.704. The lowest BCUT2D eigenvalue weighted by atomic mass is 9.93. The molecule has 1 aliphatic heterocycles. The van der Waals surface area contributed by atoms with Crippen molar-refractivity contribution in [3.63, 3.8) is 0 Å². The van der Waals surface area contributed by atoms with E-state index in [1.807, 2.05) is 18.2 Å². The molecule has 21 heavy (non-hydrogen) atoms. The Morgan fingerprint density at radius 1 is 1.43 bits per heavy atom. The van der Waals surface area contributed by atoms with E-state index in [1.54, 1.807) is 17.2 Å². The molecule has 1 aromatic carbocycles. The summed E-state index contributed by atoms with van der Waals surface area (Å²) in [4.78, 5) is 18.7. The van der Waals surface area contributed by atoms with Crippen molar-refractivity contribution in [3.05, 3.63) is 57.3 Å². The number of carbonyl (C=O) groups is 1. The number of aromatic nitrogens is 1. The zero-order chi connectivity index (χ0) is 15.0. The molecule has 0 fully saturated rings. The second kappa shape index (κ2) is 5.78. The predicted molar refractivity (Wildman–Crippen MR) is 87.9 cm³/mol. The van der Waals surface area contributed by atoms with E-state index in [0.29, 0.717) is 18.0 Å². The van der Waals surface area contributed by atoms with E-state index in [-0.39, 0.29) is 11.1 Å². The second-order valence-corrected chi connectivity index (χ2v) is 6.62. The maximum absolute atomic E-state index is 12.9. The molecular formula is C16H14BrClN2O. The number of nitrogens with zero attached hydrogens (tertiary/aromatic N) is 2. The zero-order valence-electron chi connectivity index (χ0n) is 11.5. The minimum Gasteiger partial charge on any atom is -0.308 e. The van der Waals surface area contributed by atoms with Gasteiger partial charge in [0.25, 0.3) is 5.91 Å². The van der Waals surface area contributed by atoms with Gasteiger partial charge in [0, 0.05) is 22.9 Å². The van der Waals surface area contributed by atoms with Crippen molar-refractivity contribution in [1.82, 2.24) is 4.98 Å². The van der Waals surface area contributed by atoms with Gasteiger partial charge in [-0.15, -0.1) is 0 Å². The number of carbonyl (C=O) groups excluding carboxylic acids is 1. The molecule has 0 aliphatic carbocycles. The summed E-state index contributed by atoms with van der Waals surface area (Å²) in [6, 6.07) is 9.74. The third-order valence-corrected chi connectivity index (χ3v) is 4.36. The molecule has 5 heteroatoms. The summed E-state index contributed by atoms with van der Waals surface area (Å²) >= 11 is 9.43. The van der Waals surface area contributed by atoms with Crippen LogP contribution in [0, 0.1) is 5.92 Å². The van der Waals surface area contributed by atoms with Crippen molar-refractivity contribution in [3.8, 4) is 0 Å². The van der Waals surface area contributed by atoms with E-state index < -0.39 is 0 Å². The van der Waals surface area contributed by atoms with Crippen molar-refractivity contribution in [2.75, 3.05) is 11.4 Å². The Labute approximate surface area is 137 Å². The Morgan fingerprint density at radius 3 is 3.00 bits per heavy atom. The van der Waals surface area contributed by atoms with Gasteiger partial charge in [-0.2, -0.15) is 0 Å². The molecule has 0 N–H and O–H groups in total. The number of hydrogen-bond donors (Lipinski definition) is 0. The maximum Gasteiger partial charge on any atom is 0.261 e. The van der Waals surface area contributed by atoms with Crippen molar-refractivity contribution < 1.29 is 4.79 Å². The summed E-state index contributed by atoms with van der Waals surface area (Å²) < 4.78 is 0.744. The molecule has 108 valence electrons. The monoisotopic (exact) mass is 364 g/mol. The van der Waals surface area contributed by atoms with Crippen LogP contribution in [0.5, 0.6) is 0 Å². The highest BCUT2D eigenvalue weighted by atomic mass is 79.9. The van der Waals surface area contributed by atoms with E-state index in [9.17, 15) is 4.79 Å². The van der Waals surface area contributed by atoms with Crippen LogP contribution in [0.4, 0.5) is 5.69 Å². The van der Waals surface area contributed by atoms with Crippen LogP contribution in [-0.4, -0.2) is 17.4 Å². The third kappa shape index (κ3) is 2.83. The Balaban J connectivity index is 2.04.